The molecule has 4 rings (SSSR count). The van der Waals surface area contributed by atoms with Gasteiger partial charge in [0.2, 0.25) is 5.91 Å². The molecular formula is C19H20N4O2S2. The van der Waals surface area contributed by atoms with Gasteiger partial charge < -0.3 is 13.9 Å². The van der Waals surface area contributed by atoms with Gasteiger partial charge in [0.25, 0.3) is 0 Å². The van der Waals surface area contributed by atoms with Gasteiger partial charge in [-0.2, -0.15) is 0 Å². The number of nitrogens with zero attached hydrogens (tertiary/aromatic N) is 4. The van der Waals surface area contributed by atoms with Crippen molar-refractivity contribution in [2.24, 2.45) is 7.05 Å². The van der Waals surface area contributed by atoms with Crippen LogP contribution < -0.4 is 4.90 Å². The van der Waals surface area contributed by atoms with Gasteiger partial charge in [0, 0.05) is 23.7 Å². The number of para-hydroxylation sites is 1. The zero-order chi connectivity index (χ0) is 18.8. The van der Waals surface area contributed by atoms with Gasteiger partial charge in [0.15, 0.2) is 16.7 Å². The lowest BCUT2D eigenvalue weighted by Gasteiger charge is -2.22. The first-order valence-electron chi connectivity index (χ1n) is 8.75. The highest BCUT2D eigenvalue weighted by Gasteiger charge is 2.24. The second-order valence-corrected chi connectivity index (χ2v) is 8.78. The van der Waals surface area contributed by atoms with E-state index >= 15 is 0 Å². The highest BCUT2D eigenvalue weighted by atomic mass is 32.2. The van der Waals surface area contributed by atoms with Crippen molar-refractivity contribution in [3.8, 4) is 11.6 Å². The summed E-state index contributed by atoms with van der Waals surface area (Å²) in [6, 6.07) is 11.8. The summed E-state index contributed by atoms with van der Waals surface area (Å²) in [5, 5.41) is 9.57. The molecule has 27 heavy (non-hydrogen) atoms. The Morgan fingerprint density at radius 1 is 1.30 bits per heavy atom. The largest absolute Gasteiger partial charge is 0.461 e. The Morgan fingerprint density at radius 2 is 2.15 bits per heavy atom. The maximum absolute atomic E-state index is 13.0. The third kappa shape index (κ3) is 3.77. The van der Waals surface area contributed by atoms with Crippen molar-refractivity contribution in [1.82, 2.24) is 14.8 Å². The van der Waals surface area contributed by atoms with E-state index in [-0.39, 0.29) is 5.91 Å². The normalized spacial score (nSPS) is 16.8. The van der Waals surface area contributed by atoms with Crippen molar-refractivity contribution in [3.05, 3.63) is 42.7 Å². The standard InChI is InChI=1S/C19H20N4O2S2/c1-13-9-10-23(14-6-3-4-8-16(14)27-13)17(24)12-26-19-21-20-18(22(19)2)15-7-5-11-25-15/h3-8,11,13H,9-10,12H2,1-2H3/t13-/m0/s1. The molecule has 1 aliphatic rings. The number of anilines is 1. The molecule has 0 saturated heterocycles. The van der Waals surface area contributed by atoms with E-state index in [1.165, 1.54) is 16.7 Å². The molecule has 1 atom stereocenters. The Balaban J connectivity index is 1.49. The Labute approximate surface area is 166 Å². The Kier molecular flexibility index (Phi) is 5.27. The zero-order valence-electron chi connectivity index (χ0n) is 15.2. The molecule has 0 aliphatic carbocycles. The fraction of sp³-hybridized carbons (Fsp3) is 0.316. The number of carbonyl (C=O) groups is 1. The first-order chi connectivity index (χ1) is 13.1. The monoisotopic (exact) mass is 400 g/mol. The van der Waals surface area contributed by atoms with Gasteiger partial charge >= 0.3 is 0 Å². The lowest BCUT2D eigenvalue weighted by atomic mass is 10.2. The molecular weight excluding hydrogens is 380 g/mol. The molecule has 6 nitrogen and oxygen atoms in total. The van der Waals surface area contributed by atoms with Gasteiger partial charge in [-0.05, 0) is 30.7 Å². The van der Waals surface area contributed by atoms with Crippen LogP contribution in [-0.2, 0) is 11.8 Å². The van der Waals surface area contributed by atoms with Crippen LogP contribution in [0.3, 0.4) is 0 Å². The molecule has 0 saturated carbocycles. The van der Waals surface area contributed by atoms with Gasteiger partial charge in [-0.15, -0.1) is 22.0 Å². The summed E-state index contributed by atoms with van der Waals surface area (Å²) in [7, 11) is 1.88. The number of thioether (sulfide) groups is 2. The Morgan fingerprint density at radius 3 is 2.96 bits per heavy atom. The van der Waals surface area contributed by atoms with E-state index in [1.54, 1.807) is 6.26 Å². The van der Waals surface area contributed by atoms with Crippen LogP contribution in [0.4, 0.5) is 5.69 Å². The Hall–Kier alpha value is -2.19. The summed E-state index contributed by atoms with van der Waals surface area (Å²) in [6.07, 6.45) is 2.58. The molecule has 0 spiro atoms. The minimum Gasteiger partial charge on any atom is -0.461 e. The van der Waals surface area contributed by atoms with Crippen LogP contribution in [0.2, 0.25) is 0 Å². The summed E-state index contributed by atoms with van der Waals surface area (Å²) in [5.41, 5.74) is 1.01. The Bertz CT molecular complexity index is 939. The highest BCUT2D eigenvalue weighted by molar-refractivity contribution is 8.00. The average Bonchev–Trinajstić information content (AvgIpc) is 3.27. The fourth-order valence-electron chi connectivity index (χ4n) is 3.01. The smallest absolute Gasteiger partial charge is 0.237 e. The summed E-state index contributed by atoms with van der Waals surface area (Å²) < 4.78 is 7.24. The third-order valence-corrected chi connectivity index (χ3v) is 6.69. The second kappa shape index (κ2) is 7.82. The molecule has 0 unspecified atom stereocenters. The summed E-state index contributed by atoms with van der Waals surface area (Å²) in [5.74, 6) is 1.72. The van der Waals surface area contributed by atoms with E-state index in [0.717, 1.165) is 18.7 Å². The predicted molar refractivity (Wildman–Crippen MR) is 108 cm³/mol. The van der Waals surface area contributed by atoms with E-state index in [9.17, 15) is 4.79 Å². The van der Waals surface area contributed by atoms with Crippen LogP contribution in [0.5, 0.6) is 0 Å². The second-order valence-electron chi connectivity index (χ2n) is 6.36. The van der Waals surface area contributed by atoms with Gasteiger partial charge in [-0.25, -0.2) is 0 Å². The van der Waals surface area contributed by atoms with Gasteiger partial charge in [0.1, 0.15) is 0 Å². The molecule has 3 aromatic rings. The number of aromatic nitrogens is 3. The quantitative estimate of drug-likeness (QED) is 0.615. The van der Waals surface area contributed by atoms with Gasteiger partial charge in [-0.1, -0.05) is 30.8 Å². The molecule has 0 N–H and O–H groups in total. The van der Waals surface area contributed by atoms with Crippen LogP contribution in [0.25, 0.3) is 11.6 Å². The lowest BCUT2D eigenvalue weighted by molar-refractivity contribution is -0.116. The number of furan rings is 1. The number of benzene rings is 1. The van der Waals surface area contributed by atoms with Crippen molar-refractivity contribution in [2.75, 3.05) is 17.2 Å². The fourth-order valence-corrected chi connectivity index (χ4v) is 4.91. The van der Waals surface area contributed by atoms with Crippen molar-refractivity contribution < 1.29 is 9.21 Å². The number of rotatable bonds is 4. The van der Waals surface area contributed by atoms with Crippen LogP contribution in [0, 0.1) is 0 Å². The molecule has 2 aromatic heterocycles. The molecule has 0 fully saturated rings. The minimum atomic E-state index is 0.0877. The van der Waals surface area contributed by atoms with Crippen LogP contribution in [0.15, 0.2) is 57.1 Å². The number of amides is 1. The van der Waals surface area contributed by atoms with E-state index in [0.29, 0.717) is 27.7 Å². The van der Waals surface area contributed by atoms with Gasteiger partial charge in [-0.3, -0.25) is 4.79 Å². The summed E-state index contributed by atoms with van der Waals surface area (Å²) in [6.45, 7) is 2.95. The molecule has 1 aromatic carbocycles. The van der Waals surface area contributed by atoms with Crippen LogP contribution in [0.1, 0.15) is 13.3 Å². The van der Waals surface area contributed by atoms with E-state index in [1.807, 2.05) is 58.6 Å². The minimum absolute atomic E-state index is 0.0877. The number of hydrogen-bond donors (Lipinski definition) is 0. The molecule has 0 radical (unpaired) electrons. The van der Waals surface area contributed by atoms with Gasteiger partial charge in [0.05, 0.1) is 17.7 Å². The van der Waals surface area contributed by atoms with E-state index in [2.05, 4.69) is 23.2 Å². The average molecular weight is 401 g/mol. The van der Waals surface area contributed by atoms with Crippen molar-refractivity contribution in [1.29, 1.82) is 0 Å². The molecule has 0 bridgehead atoms. The molecule has 3 heterocycles. The van der Waals surface area contributed by atoms with E-state index in [4.69, 9.17) is 4.42 Å². The topological polar surface area (TPSA) is 64.2 Å². The van der Waals surface area contributed by atoms with Crippen LogP contribution in [-0.4, -0.2) is 38.2 Å². The molecule has 1 aliphatic heterocycles. The summed E-state index contributed by atoms with van der Waals surface area (Å²) >= 11 is 3.23. The SMILES string of the molecule is C[C@H]1CCN(C(=O)CSc2nnc(-c3ccco3)n2C)c2ccccc2S1. The number of hydrogen-bond acceptors (Lipinski definition) is 6. The van der Waals surface area contributed by atoms with Crippen LogP contribution >= 0.6 is 23.5 Å². The lowest BCUT2D eigenvalue weighted by Crippen LogP contribution is -2.33. The van der Waals surface area contributed by atoms with Crippen molar-refractivity contribution in [2.45, 2.75) is 28.6 Å². The molecule has 1 amide bonds. The predicted octanol–water partition coefficient (Wildman–Crippen LogP) is 4.08. The zero-order valence-corrected chi connectivity index (χ0v) is 16.8. The third-order valence-electron chi connectivity index (χ3n) is 4.45. The number of carbonyl (C=O) groups excluding carboxylic acids is 1. The van der Waals surface area contributed by atoms with Crippen molar-refractivity contribution in [3.63, 3.8) is 0 Å². The number of fused-ring (bicyclic) bond motifs is 1. The maximum Gasteiger partial charge on any atom is 0.237 e. The molecule has 140 valence electrons. The molecule has 8 heteroatoms. The first kappa shape index (κ1) is 18.2. The summed E-state index contributed by atoms with van der Waals surface area (Å²) in [4.78, 5) is 16.0. The first-order valence-corrected chi connectivity index (χ1v) is 10.6. The maximum atomic E-state index is 13.0. The van der Waals surface area contributed by atoms with E-state index < -0.39 is 0 Å². The van der Waals surface area contributed by atoms with Crippen molar-refractivity contribution >= 4 is 35.1 Å². The highest BCUT2D eigenvalue weighted by Crippen LogP contribution is 2.37.